The number of rotatable bonds is 3. The smallest absolute Gasteiger partial charge is 0.142 e. The minimum Gasteiger partial charge on any atom is -0.495 e. The van der Waals surface area contributed by atoms with Gasteiger partial charge in [-0.2, -0.15) is 0 Å². The van der Waals surface area contributed by atoms with E-state index in [9.17, 15) is 5.11 Å². The predicted molar refractivity (Wildman–Crippen MR) is 77.9 cm³/mol. The number of para-hydroxylation sites is 2. The molecule has 1 saturated heterocycles. The first-order valence-electron chi connectivity index (χ1n) is 6.83. The molecular weight excluding hydrogens is 240 g/mol. The summed E-state index contributed by atoms with van der Waals surface area (Å²) in [5, 5.41) is 12.8. The molecule has 0 radical (unpaired) electrons. The summed E-state index contributed by atoms with van der Waals surface area (Å²) in [5.41, 5.74) is 1.13. The van der Waals surface area contributed by atoms with Crippen molar-refractivity contribution < 1.29 is 9.84 Å². The van der Waals surface area contributed by atoms with Crippen LogP contribution in [-0.4, -0.2) is 43.5 Å². The molecule has 0 bridgehead atoms. The van der Waals surface area contributed by atoms with Crippen LogP contribution in [0.5, 0.6) is 5.75 Å². The molecule has 1 fully saturated rings. The fraction of sp³-hybridized carbons (Fsp3) is 0.600. The van der Waals surface area contributed by atoms with Gasteiger partial charge in [-0.15, -0.1) is 0 Å². The molecule has 1 unspecified atom stereocenters. The summed E-state index contributed by atoms with van der Waals surface area (Å²) in [7, 11) is 1.70. The van der Waals surface area contributed by atoms with Crippen LogP contribution < -0.4 is 15.0 Å². The van der Waals surface area contributed by atoms with Gasteiger partial charge in [0.05, 0.1) is 19.4 Å². The second-order valence-corrected chi connectivity index (χ2v) is 5.68. The van der Waals surface area contributed by atoms with Gasteiger partial charge in [0.25, 0.3) is 0 Å². The van der Waals surface area contributed by atoms with Gasteiger partial charge in [-0.1, -0.05) is 12.1 Å². The molecule has 1 aromatic carbocycles. The molecule has 0 spiro atoms. The molecule has 1 aliphatic rings. The van der Waals surface area contributed by atoms with E-state index in [1.54, 1.807) is 7.11 Å². The van der Waals surface area contributed by atoms with Crippen LogP contribution in [-0.2, 0) is 0 Å². The van der Waals surface area contributed by atoms with E-state index >= 15 is 0 Å². The molecule has 1 aromatic rings. The Hall–Kier alpha value is -1.26. The molecule has 2 N–H and O–H groups in total. The molecule has 0 saturated carbocycles. The van der Waals surface area contributed by atoms with E-state index in [1.165, 1.54) is 0 Å². The molecule has 19 heavy (non-hydrogen) atoms. The Morgan fingerprint density at radius 1 is 1.42 bits per heavy atom. The molecule has 4 heteroatoms. The molecule has 0 aromatic heterocycles. The molecule has 1 atom stereocenters. The van der Waals surface area contributed by atoms with Crippen molar-refractivity contribution in [3.63, 3.8) is 0 Å². The van der Waals surface area contributed by atoms with Gasteiger partial charge in [0.1, 0.15) is 5.75 Å². The standard InChI is InChI=1S/C15H24N2O2/c1-15(2)8-9-16-12(11-18)10-17(15)13-6-4-5-7-14(13)19-3/h4-7,12,16,18H,8-11H2,1-3H3. The van der Waals surface area contributed by atoms with Crippen molar-refractivity contribution >= 4 is 5.69 Å². The highest BCUT2D eigenvalue weighted by Gasteiger charge is 2.32. The summed E-state index contributed by atoms with van der Waals surface area (Å²) < 4.78 is 5.48. The Morgan fingerprint density at radius 2 is 2.16 bits per heavy atom. The molecule has 0 aliphatic carbocycles. The summed E-state index contributed by atoms with van der Waals surface area (Å²) in [5.74, 6) is 0.883. The normalized spacial score (nSPS) is 22.9. The van der Waals surface area contributed by atoms with Crippen LogP contribution in [0.15, 0.2) is 24.3 Å². The molecular formula is C15H24N2O2. The summed E-state index contributed by atoms with van der Waals surface area (Å²) >= 11 is 0. The Morgan fingerprint density at radius 3 is 2.84 bits per heavy atom. The number of hydrogen-bond acceptors (Lipinski definition) is 4. The highest BCUT2D eigenvalue weighted by molar-refractivity contribution is 5.60. The summed E-state index contributed by atoms with van der Waals surface area (Å²) in [6.07, 6.45) is 1.03. The zero-order valence-electron chi connectivity index (χ0n) is 12.0. The van der Waals surface area contributed by atoms with Crippen LogP contribution in [0, 0.1) is 0 Å². The van der Waals surface area contributed by atoms with Gasteiger partial charge in [-0.25, -0.2) is 0 Å². The van der Waals surface area contributed by atoms with E-state index < -0.39 is 0 Å². The fourth-order valence-corrected chi connectivity index (χ4v) is 2.65. The predicted octanol–water partition coefficient (Wildman–Crippen LogP) is 1.63. The Bertz CT molecular complexity index is 420. The van der Waals surface area contributed by atoms with Crippen LogP contribution in [0.25, 0.3) is 0 Å². The van der Waals surface area contributed by atoms with Gasteiger partial charge in [-0.3, -0.25) is 0 Å². The third-order valence-corrected chi connectivity index (χ3v) is 3.90. The number of methoxy groups -OCH3 is 1. The summed E-state index contributed by atoms with van der Waals surface area (Å²) in [6.45, 7) is 6.33. The minimum absolute atomic E-state index is 0.0333. The molecule has 106 valence electrons. The molecule has 4 nitrogen and oxygen atoms in total. The minimum atomic E-state index is 0.0333. The molecule has 1 aliphatic heterocycles. The summed E-state index contributed by atoms with van der Waals surface area (Å²) in [6, 6.07) is 8.18. The largest absolute Gasteiger partial charge is 0.495 e. The average Bonchev–Trinajstić information content (AvgIpc) is 2.56. The van der Waals surface area contributed by atoms with Gasteiger partial charge in [0.2, 0.25) is 0 Å². The van der Waals surface area contributed by atoms with Crippen LogP contribution in [0.4, 0.5) is 5.69 Å². The van der Waals surface area contributed by atoms with E-state index in [2.05, 4.69) is 30.1 Å². The van der Waals surface area contributed by atoms with Gasteiger partial charge < -0.3 is 20.1 Å². The number of nitrogens with zero attached hydrogens (tertiary/aromatic N) is 1. The van der Waals surface area contributed by atoms with Crippen molar-refractivity contribution in [3.05, 3.63) is 24.3 Å². The number of hydrogen-bond donors (Lipinski definition) is 2. The highest BCUT2D eigenvalue weighted by atomic mass is 16.5. The maximum absolute atomic E-state index is 9.46. The number of nitrogens with one attached hydrogen (secondary N) is 1. The number of aliphatic hydroxyl groups excluding tert-OH is 1. The number of ether oxygens (including phenoxy) is 1. The van der Waals surface area contributed by atoms with Crippen LogP contribution in [0.2, 0.25) is 0 Å². The van der Waals surface area contributed by atoms with Crippen molar-refractivity contribution in [1.29, 1.82) is 0 Å². The Labute approximate surface area is 115 Å². The second-order valence-electron chi connectivity index (χ2n) is 5.68. The van der Waals surface area contributed by atoms with Gasteiger partial charge >= 0.3 is 0 Å². The van der Waals surface area contributed by atoms with Crippen molar-refractivity contribution in [3.8, 4) is 5.75 Å². The zero-order chi connectivity index (χ0) is 13.9. The van der Waals surface area contributed by atoms with E-state index in [-0.39, 0.29) is 18.2 Å². The van der Waals surface area contributed by atoms with Crippen LogP contribution in [0.1, 0.15) is 20.3 Å². The van der Waals surface area contributed by atoms with E-state index in [1.807, 2.05) is 18.2 Å². The van der Waals surface area contributed by atoms with Crippen LogP contribution in [0.3, 0.4) is 0 Å². The van der Waals surface area contributed by atoms with Gasteiger partial charge in [0.15, 0.2) is 0 Å². The zero-order valence-corrected chi connectivity index (χ0v) is 12.0. The molecule has 1 heterocycles. The van der Waals surface area contributed by atoms with E-state index in [0.29, 0.717) is 0 Å². The first-order chi connectivity index (χ1) is 9.08. The molecule has 0 amide bonds. The highest BCUT2D eigenvalue weighted by Crippen LogP contribution is 2.35. The topological polar surface area (TPSA) is 44.7 Å². The van der Waals surface area contributed by atoms with Gasteiger partial charge in [0, 0.05) is 18.1 Å². The first kappa shape index (κ1) is 14.2. The lowest BCUT2D eigenvalue weighted by molar-refractivity contribution is 0.248. The van der Waals surface area contributed by atoms with Crippen LogP contribution >= 0.6 is 0 Å². The third kappa shape index (κ3) is 3.01. The summed E-state index contributed by atoms with van der Waals surface area (Å²) in [4.78, 5) is 2.34. The van der Waals surface area contributed by atoms with Crippen molar-refractivity contribution in [2.24, 2.45) is 0 Å². The lowest BCUT2D eigenvalue weighted by Gasteiger charge is -2.40. The fourth-order valence-electron chi connectivity index (χ4n) is 2.65. The first-order valence-corrected chi connectivity index (χ1v) is 6.83. The molecule has 2 rings (SSSR count). The number of anilines is 1. The third-order valence-electron chi connectivity index (χ3n) is 3.90. The SMILES string of the molecule is COc1ccccc1N1CC(CO)NCCC1(C)C. The van der Waals surface area contributed by atoms with Crippen molar-refractivity contribution in [2.75, 3.05) is 31.7 Å². The van der Waals surface area contributed by atoms with Crippen molar-refractivity contribution in [2.45, 2.75) is 31.8 Å². The monoisotopic (exact) mass is 264 g/mol. The van der Waals surface area contributed by atoms with E-state index in [4.69, 9.17) is 4.74 Å². The lowest BCUT2D eigenvalue weighted by atomic mass is 9.97. The van der Waals surface area contributed by atoms with E-state index in [0.717, 1.165) is 30.9 Å². The average molecular weight is 264 g/mol. The van der Waals surface area contributed by atoms with Crippen molar-refractivity contribution in [1.82, 2.24) is 5.32 Å². The maximum Gasteiger partial charge on any atom is 0.142 e. The quantitative estimate of drug-likeness (QED) is 0.871. The maximum atomic E-state index is 9.46. The van der Waals surface area contributed by atoms with Gasteiger partial charge in [-0.05, 0) is 38.9 Å². The Kier molecular flexibility index (Phi) is 4.32. The Balaban J connectivity index is 2.36. The second kappa shape index (κ2) is 5.80. The number of aliphatic hydroxyl groups is 1. The lowest BCUT2D eigenvalue weighted by Crippen LogP contribution is -2.47. The number of benzene rings is 1.